The van der Waals surface area contributed by atoms with Gasteiger partial charge in [-0.1, -0.05) is 0 Å². The second-order valence-corrected chi connectivity index (χ2v) is 2.79. The van der Waals surface area contributed by atoms with Gasteiger partial charge in [0.2, 0.25) is 0 Å². The smallest absolute Gasteiger partial charge is 0.394 e. The van der Waals surface area contributed by atoms with E-state index < -0.39 is 18.5 Å². The predicted molar refractivity (Wildman–Crippen MR) is 43.6 cm³/mol. The van der Waals surface area contributed by atoms with Crippen molar-refractivity contribution in [1.82, 2.24) is 0 Å². The Morgan fingerprint density at radius 2 is 1.60 bits per heavy atom. The Kier molecular flexibility index (Phi) is 7.25. The van der Waals surface area contributed by atoms with Crippen LogP contribution in [0.15, 0.2) is 0 Å². The van der Waals surface area contributed by atoms with Crippen LogP contribution < -0.4 is 0 Å². The van der Waals surface area contributed by atoms with Crippen molar-refractivity contribution in [2.75, 3.05) is 6.61 Å². The number of esters is 1. The van der Waals surface area contributed by atoms with Crippen LogP contribution in [0.25, 0.3) is 0 Å². The van der Waals surface area contributed by atoms with Crippen molar-refractivity contribution < 1.29 is 31.5 Å². The van der Waals surface area contributed by atoms with E-state index in [4.69, 9.17) is 0 Å². The molecule has 92 valence electrons. The first-order valence-corrected chi connectivity index (χ1v) is 4.06. The van der Waals surface area contributed by atoms with Gasteiger partial charge >= 0.3 is 12.1 Å². The number of hydrogen-bond acceptors (Lipinski definition) is 2. The summed E-state index contributed by atoms with van der Waals surface area (Å²) in [4.78, 5) is 9.82. The minimum Gasteiger partial charge on any atom is -0.466 e. The number of carbonyl (C=O) groups is 1. The van der Waals surface area contributed by atoms with Gasteiger partial charge in [-0.15, -0.1) is 0 Å². The number of hydrogen-bond donors (Lipinski definition) is 0. The van der Waals surface area contributed by atoms with E-state index in [1.54, 1.807) is 6.92 Å². The predicted octanol–water partition coefficient (Wildman–Crippen LogP) is 3.16. The molecule has 7 heteroatoms. The van der Waals surface area contributed by atoms with E-state index in [1.165, 1.54) is 6.92 Å². The summed E-state index contributed by atoms with van der Waals surface area (Å²) in [6, 6.07) is 0. The lowest BCUT2D eigenvalue weighted by Gasteiger charge is -2.11. The maximum absolute atomic E-state index is 11.5. The van der Waals surface area contributed by atoms with Gasteiger partial charge in [0.25, 0.3) is 5.92 Å². The minimum atomic E-state index is -4.77. The number of alkyl halides is 5. The van der Waals surface area contributed by atoms with Crippen LogP contribution in [0, 0.1) is 0 Å². The van der Waals surface area contributed by atoms with E-state index in [0.717, 1.165) is 0 Å². The molecule has 0 aromatic rings. The summed E-state index contributed by atoms with van der Waals surface area (Å²) >= 11 is 0. The Labute approximate surface area is 84.4 Å². The van der Waals surface area contributed by atoms with Crippen molar-refractivity contribution in [3.8, 4) is 0 Å². The van der Waals surface area contributed by atoms with Crippen LogP contribution in [0.5, 0.6) is 0 Å². The Morgan fingerprint density at radius 3 is 1.60 bits per heavy atom. The van der Waals surface area contributed by atoms with Gasteiger partial charge in [-0.3, -0.25) is 4.79 Å². The molecule has 0 unspecified atom stereocenters. The molecule has 0 amide bonds. The Bertz CT molecular complexity index is 170. The molecule has 0 aromatic carbocycles. The van der Waals surface area contributed by atoms with E-state index in [1.807, 2.05) is 0 Å². The van der Waals surface area contributed by atoms with Crippen LogP contribution in [-0.2, 0) is 9.53 Å². The largest absolute Gasteiger partial charge is 0.466 e. The summed E-state index contributed by atoms with van der Waals surface area (Å²) < 4.78 is 60.6. The fourth-order valence-corrected chi connectivity index (χ4v) is 0.555. The highest BCUT2D eigenvalue weighted by molar-refractivity contribution is 5.65. The zero-order valence-electron chi connectivity index (χ0n) is 8.62. The maximum Gasteiger partial charge on any atom is 0.394 e. The Morgan fingerprint density at radius 1 is 1.20 bits per heavy atom. The molecular weight excluding hydrogens is 223 g/mol. The summed E-state index contributed by atoms with van der Waals surface area (Å²) in [5.41, 5.74) is 0. The summed E-state index contributed by atoms with van der Waals surface area (Å²) in [7, 11) is 0. The molecule has 0 bridgehead atoms. The Balaban J connectivity index is 0. The van der Waals surface area contributed by atoms with Gasteiger partial charge in [-0.2, -0.15) is 13.2 Å². The summed E-state index contributed by atoms with van der Waals surface area (Å²) in [6.45, 7) is 3.89. The van der Waals surface area contributed by atoms with Gasteiger partial charge in [0.15, 0.2) is 0 Å². The molecule has 15 heavy (non-hydrogen) atoms. The van der Waals surface area contributed by atoms with Crippen molar-refractivity contribution in [3.05, 3.63) is 0 Å². The highest BCUT2D eigenvalue weighted by Crippen LogP contribution is 2.30. The van der Waals surface area contributed by atoms with E-state index in [9.17, 15) is 26.7 Å². The second-order valence-electron chi connectivity index (χ2n) is 2.79. The third kappa shape index (κ3) is 24.6. The average molecular weight is 236 g/mol. The minimum absolute atomic E-state index is 0.211. The molecule has 0 rings (SSSR count). The lowest BCUT2D eigenvalue weighted by Crippen LogP contribution is -2.21. The monoisotopic (exact) mass is 236 g/mol. The molecule has 0 aliphatic heterocycles. The van der Waals surface area contributed by atoms with E-state index in [2.05, 4.69) is 4.74 Å². The van der Waals surface area contributed by atoms with Crippen LogP contribution in [0.2, 0.25) is 0 Å². The zero-order valence-corrected chi connectivity index (χ0v) is 8.62. The van der Waals surface area contributed by atoms with Crippen LogP contribution in [-0.4, -0.2) is 24.7 Å². The molecule has 0 N–H and O–H groups in total. The van der Waals surface area contributed by atoms with Crippen LogP contribution in [0.4, 0.5) is 22.0 Å². The first-order chi connectivity index (χ1) is 6.48. The number of rotatable bonds is 2. The standard InChI is InChI=1S/C4H5F5.C4H8O2/c1-3(5,6)2-4(7,8)9;1-3-6-4(2)5/h2H2,1H3;3H2,1-2H3. The maximum atomic E-state index is 11.5. The SMILES string of the molecule is CC(F)(F)CC(F)(F)F.CCOC(C)=O. The molecule has 0 aromatic heterocycles. The van der Waals surface area contributed by atoms with Gasteiger partial charge in [-0.25, -0.2) is 8.78 Å². The molecule has 0 saturated heterocycles. The van der Waals surface area contributed by atoms with Gasteiger partial charge in [0.1, 0.15) is 6.42 Å². The molecule has 0 aliphatic carbocycles. The van der Waals surface area contributed by atoms with Gasteiger partial charge in [0, 0.05) is 6.92 Å². The quantitative estimate of drug-likeness (QED) is 0.543. The topological polar surface area (TPSA) is 26.3 Å². The molecule has 0 fully saturated rings. The van der Waals surface area contributed by atoms with Crippen LogP contribution in [0.3, 0.4) is 0 Å². The van der Waals surface area contributed by atoms with Gasteiger partial charge < -0.3 is 4.74 Å². The summed E-state index contributed by atoms with van der Waals surface area (Å²) in [5.74, 6) is -3.85. The average Bonchev–Trinajstić information content (AvgIpc) is 1.77. The van der Waals surface area contributed by atoms with Gasteiger partial charge in [0.05, 0.1) is 6.61 Å². The van der Waals surface area contributed by atoms with Crippen molar-refractivity contribution in [2.45, 2.75) is 39.3 Å². The fourth-order valence-electron chi connectivity index (χ4n) is 0.555. The second kappa shape index (κ2) is 6.58. The van der Waals surface area contributed by atoms with E-state index >= 15 is 0 Å². The van der Waals surface area contributed by atoms with Crippen LogP contribution >= 0.6 is 0 Å². The van der Waals surface area contributed by atoms with Gasteiger partial charge in [-0.05, 0) is 13.8 Å². The lowest BCUT2D eigenvalue weighted by atomic mass is 10.3. The number of ether oxygens (including phenoxy) is 1. The van der Waals surface area contributed by atoms with Crippen molar-refractivity contribution in [1.29, 1.82) is 0 Å². The fraction of sp³-hybridized carbons (Fsp3) is 0.875. The van der Waals surface area contributed by atoms with E-state index in [-0.39, 0.29) is 12.9 Å². The third-order valence-corrected chi connectivity index (χ3v) is 0.858. The molecule has 0 saturated carbocycles. The Hall–Kier alpha value is -0.880. The molecule has 2 nitrogen and oxygen atoms in total. The molecule has 0 radical (unpaired) electrons. The summed E-state index contributed by atoms with van der Waals surface area (Å²) in [6.07, 6.45) is -6.81. The van der Waals surface area contributed by atoms with Crippen LogP contribution in [0.1, 0.15) is 27.2 Å². The molecule has 0 spiro atoms. The molecule has 0 atom stereocenters. The molecule has 0 aliphatic rings. The lowest BCUT2D eigenvalue weighted by molar-refractivity contribution is -0.182. The summed E-state index contributed by atoms with van der Waals surface area (Å²) in [5, 5.41) is 0. The van der Waals surface area contributed by atoms with E-state index in [0.29, 0.717) is 6.61 Å². The zero-order chi connectivity index (χ0) is 12.7. The van der Waals surface area contributed by atoms with Crippen molar-refractivity contribution in [3.63, 3.8) is 0 Å². The highest BCUT2D eigenvalue weighted by Gasteiger charge is 2.39. The first kappa shape index (κ1) is 16.5. The molecular formula is C8H13F5O2. The molecule has 0 heterocycles. The third-order valence-electron chi connectivity index (χ3n) is 0.858. The highest BCUT2D eigenvalue weighted by atomic mass is 19.4. The number of halogens is 5. The van der Waals surface area contributed by atoms with Crippen molar-refractivity contribution in [2.24, 2.45) is 0 Å². The van der Waals surface area contributed by atoms with Crippen molar-refractivity contribution >= 4 is 5.97 Å². The number of carbonyl (C=O) groups excluding carboxylic acids is 1. The first-order valence-electron chi connectivity index (χ1n) is 4.06. The normalized spacial score (nSPS) is 11.5.